The topological polar surface area (TPSA) is 101 Å². The fourth-order valence-electron chi connectivity index (χ4n) is 5.09. The highest BCUT2D eigenvalue weighted by atomic mass is 32.2. The Morgan fingerprint density at radius 2 is 1.94 bits per heavy atom. The molecule has 2 N–H and O–H groups in total. The van der Waals surface area contributed by atoms with E-state index in [1.165, 1.54) is 11.8 Å². The molecule has 172 valence electrons. The van der Waals surface area contributed by atoms with Crippen LogP contribution in [0.5, 0.6) is 0 Å². The number of H-pyrrole nitrogens is 1. The average Bonchev–Trinajstić information content (AvgIpc) is 3.63. The Morgan fingerprint density at radius 3 is 2.68 bits per heavy atom. The second-order valence-electron chi connectivity index (χ2n) is 8.82. The summed E-state index contributed by atoms with van der Waals surface area (Å²) in [5.74, 6) is -0.500. The van der Waals surface area contributed by atoms with Gasteiger partial charge in [0.2, 0.25) is 0 Å². The van der Waals surface area contributed by atoms with E-state index in [2.05, 4.69) is 15.2 Å². The molecule has 0 saturated heterocycles. The van der Waals surface area contributed by atoms with Crippen LogP contribution >= 0.6 is 11.8 Å². The zero-order valence-corrected chi connectivity index (χ0v) is 19.5. The van der Waals surface area contributed by atoms with Crippen molar-refractivity contribution >= 4 is 34.4 Å². The number of benzene rings is 1. The van der Waals surface area contributed by atoms with Gasteiger partial charge in [0.15, 0.2) is 5.65 Å². The van der Waals surface area contributed by atoms with Crippen LogP contribution in [-0.2, 0) is 4.79 Å². The SMILES string of the molecule is CS[C@]1(C(=O)O)CC[C@@H](c2nc3c(-c4cnn(-c5ccccc5)c4)cnn3c3[nH]ccc32)CC1. The standard InChI is InChI=1S/C25H24N6O2S/c1-34-25(24(32)33)10-7-16(8-11-25)21-19-9-12-26-22(19)31-23(29-21)20(14-28-31)17-13-27-30(15-17)18-5-3-2-4-6-18/h2-6,9,12-16,26H,7-8,10-11H2,1H3,(H,32,33)/t16-,25-. The van der Waals surface area contributed by atoms with Crippen molar-refractivity contribution in [3.8, 4) is 16.8 Å². The van der Waals surface area contributed by atoms with Crippen molar-refractivity contribution in [3.05, 3.63) is 66.9 Å². The van der Waals surface area contributed by atoms with Crippen LogP contribution in [-0.4, -0.2) is 51.4 Å². The van der Waals surface area contributed by atoms with Crippen molar-refractivity contribution in [2.75, 3.05) is 6.26 Å². The Morgan fingerprint density at radius 1 is 1.15 bits per heavy atom. The predicted molar refractivity (Wildman–Crippen MR) is 132 cm³/mol. The highest BCUT2D eigenvalue weighted by molar-refractivity contribution is 8.00. The minimum atomic E-state index is -0.706. The van der Waals surface area contributed by atoms with E-state index < -0.39 is 10.7 Å². The smallest absolute Gasteiger partial charge is 0.319 e. The molecule has 0 radical (unpaired) electrons. The number of aromatic nitrogens is 6. The number of rotatable bonds is 5. The number of aromatic amines is 1. The van der Waals surface area contributed by atoms with Gasteiger partial charge in [-0.15, -0.1) is 11.8 Å². The summed E-state index contributed by atoms with van der Waals surface area (Å²) in [6.07, 6.45) is 12.4. The number of nitrogens with one attached hydrogen (secondary N) is 1. The van der Waals surface area contributed by atoms with Crippen LogP contribution in [0, 0.1) is 0 Å². The third-order valence-corrected chi connectivity index (χ3v) is 8.42. The van der Waals surface area contributed by atoms with Crippen LogP contribution in [0.2, 0.25) is 0 Å². The zero-order valence-electron chi connectivity index (χ0n) is 18.7. The minimum Gasteiger partial charge on any atom is -0.480 e. The molecule has 1 saturated carbocycles. The lowest BCUT2D eigenvalue weighted by atomic mass is 9.79. The summed E-state index contributed by atoms with van der Waals surface area (Å²) >= 11 is 1.46. The van der Waals surface area contributed by atoms with E-state index in [1.807, 2.05) is 76.6 Å². The molecule has 0 spiro atoms. The van der Waals surface area contributed by atoms with Crippen LogP contribution in [0.25, 0.3) is 33.5 Å². The van der Waals surface area contributed by atoms with Gasteiger partial charge in [0.25, 0.3) is 0 Å². The molecule has 4 aromatic heterocycles. The first-order chi connectivity index (χ1) is 16.6. The molecule has 34 heavy (non-hydrogen) atoms. The number of hydrogen-bond donors (Lipinski definition) is 2. The summed E-state index contributed by atoms with van der Waals surface area (Å²) in [5, 5.41) is 20.0. The summed E-state index contributed by atoms with van der Waals surface area (Å²) in [5.41, 5.74) is 5.54. The van der Waals surface area contributed by atoms with E-state index in [-0.39, 0.29) is 5.92 Å². The van der Waals surface area contributed by atoms with Gasteiger partial charge in [0, 0.05) is 34.8 Å². The van der Waals surface area contributed by atoms with Gasteiger partial charge in [-0.3, -0.25) is 4.79 Å². The molecule has 0 unspecified atom stereocenters. The van der Waals surface area contributed by atoms with E-state index in [4.69, 9.17) is 4.98 Å². The van der Waals surface area contributed by atoms with Gasteiger partial charge in [-0.1, -0.05) is 18.2 Å². The maximum absolute atomic E-state index is 11.9. The van der Waals surface area contributed by atoms with Crippen molar-refractivity contribution in [3.63, 3.8) is 0 Å². The number of carbonyl (C=O) groups is 1. The van der Waals surface area contributed by atoms with Gasteiger partial charge >= 0.3 is 5.97 Å². The second kappa shape index (κ2) is 8.02. The second-order valence-corrected chi connectivity index (χ2v) is 10.0. The van der Waals surface area contributed by atoms with Crippen LogP contribution in [0.1, 0.15) is 37.3 Å². The summed E-state index contributed by atoms with van der Waals surface area (Å²) in [4.78, 5) is 20.4. The molecule has 9 heteroatoms. The van der Waals surface area contributed by atoms with E-state index in [0.29, 0.717) is 12.8 Å². The quantitative estimate of drug-likeness (QED) is 0.377. The molecular formula is C25H24N6O2S. The molecule has 1 fully saturated rings. The van der Waals surface area contributed by atoms with Gasteiger partial charge in [-0.2, -0.15) is 14.7 Å². The third kappa shape index (κ3) is 3.22. The Bertz CT molecular complexity index is 1490. The maximum Gasteiger partial charge on any atom is 0.319 e. The lowest BCUT2D eigenvalue weighted by Gasteiger charge is -2.35. The molecule has 6 rings (SSSR count). The number of nitrogens with zero attached hydrogens (tertiary/aromatic N) is 5. The number of carboxylic acid groups (broad SMARTS) is 1. The fourth-order valence-corrected chi connectivity index (χ4v) is 5.91. The van der Waals surface area contributed by atoms with E-state index in [1.54, 1.807) is 0 Å². The number of para-hydroxylation sites is 1. The van der Waals surface area contributed by atoms with Gasteiger partial charge in [0.1, 0.15) is 10.4 Å². The third-order valence-electron chi connectivity index (χ3n) is 7.06. The van der Waals surface area contributed by atoms with Crippen molar-refractivity contribution in [2.24, 2.45) is 0 Å². The summed E-state index contributed by atoms with van der Waals surface area (Å²) in [6, 6.07) is 12.0. The first-order valence-electron chi connectivity index (χ1n) is 11.3. The minimum absolute atomic E-state index is 0.206. The predicted octanol–water partition coefficient (Wildman–Crippen LogP) is 4.91. The van der Waals surface area contributed by atoms with Crippen LogP contribution < -0.4 is 0 Å². The highest BCUT2D eigenvalue weighted by Gasteiger charge is 2.42. The molecule has 1 aromatic carbocycles. The molecule has 0 atom stereocenters. The maximum atomic E-state index is 11.9. The number of hydrogen-bond acceptors (Lipinski definition) is 5. The molecule has 0 aliphatic heterocycles. The Balaban J connectivity index is 1.42. The fraction of sp³-hybridized carbons (Fsp3) is 0.280. The molecule has 5 aromatic rings. The molecule has 1 aliphatic rings. The monoisotopic (exact) mass is 472 g/mol. The van der Waals surface area contributed by atoms with Crippen molar-refractivity contribution in [1.82, 2.24) is 29.4 Å². The lowest BCUT2D eigenvalue weighted by molar-refractivity contribution is -0.140. The van der Waals surface area contributed by atoms with Crippen molar-refractivity contribution in [1.29, 1.82) is 0 Å². The van der Waals surface area contributed by atoms with Gasteiger partial charge in [-0.25, -0.2) is 9.67 Å². The normalized spacial score (nSPS) is 20.8. The van der Waals surface area contributed by atoms with Crippen molar-refractivity contribution < 1.29 is 9.90 Å². The molecule has 4 heterocycles. The van der Waals surface area contributed by atoms with E-state index in [9.17, 15) is 9.90 Å². The zero-order chi connectivity index (χ0) is 23.3. The number of thioether (sulfide) groups is 1. The summed E-state index contributed by atoms with van der Waals surface area (Å²) in [7, 11) is 0. The van der Waals surface area contributed by atoms with Crippen LogP contribution in [0.3, 0.4) is 0 Å². The first-order valence-corrected chi connectivity index (χ1v) is 12.6. The number of carboxylic acids is 1. The Kier molecular flexibility index (Phi) is 4.95. The van der Waals surface area contributed by atoms with Crippen molar-refractivity contribution in [2.45, 2.75) is 36.3 Å². The van der Waals surface area contributed by atoms with E-state index in [0.717, 1.165) is 52.0 Å². The van der Waals surface area contributed by atoms with Gasteiger partial charge in [0.05, 0.1) is 23.8 Å². The largest absolute Gasteiger partial charge is 0.480 e. The van der Waals surface area contributed by atoms with Gasteiger partial charge in [-0.05, 0) is 50.1 Å². The van der Waals surface area contributed by atoms with E-state index >= 15 is 0 Å². The summed E-state index contributed by atoms with van der Waals surface area (Å²) in [6.45, 7) is 0. The highest BCUT2D eigenvalue weighted by Crippen LogP contribution is 2.45. The number of aliphatic carboxylic acids is 1. The van der Waals surface area contributed by atoms with Crippen LogP contribution in [0.15, 0.2) is 61.2 Å². The average molecular weight is 473 g/mol. The Hall–Kier alpha value is -3.59. The molecular weight excluding hydrogens is 448 g/mol. The van der Waals surface area contributed by atoms with Gasteiger partial charge < -0.3 is 10.1 Å². The molecule has 8 nitrogen and oxygen atoms in total. The summed E-state index contributed by atoms with van der Waals surface area (Å²) < 4.78 is 3.01. The van der Waals surface area contributed by atoms with Crippen LogP contribution in [0.4, 0.5) is 0 Å². The first kappa shape index (κ1) is 21.0. The molecule has 0 bridgehead atoms. The molecule has 0 amide bonds. The molecule has 1 aliphatic carbocycles. The lowest BCUT2D eigenvalue weighted by Crippen LogP contribution is -2.38. The Labute approximate surface area is 200 Å². The number of fused-ring (bicyclic) bond motifs is 3.